The van der Waals surface area contributed by atoms with E-state index in [1.165, 1.54) is 23.5 Å². The molecule has 0 aliphatic carbocycles. The van der Waals surface area contributed by atoms with Crippen molar-refractivity contribution in [2.24, 2.45) is 0 Å². The van der Waals surface area contributed by atoms with Crippen LogP contribution in [0.5, 0.6) is 0 Å². The van der Waals surface area contributed by atoms with Crippen molar-refractivity contribution in [3.05, 3.63) is 89.5 Å². The van der Waals surface area contributed by atoms with E-state index in [0.717, 1.165) is 38.7 Å². The lowest BCUT2D eigenvalue weighted by Crippen LogP contribution is -2.03. The molecule has 4 aromatic rings. The van der Waals surface area contributed by atoms with E-state index in [1.807, 2.05) is 49.6 Å². The van der Waals surface area contributed by atoms with Crippen molar-refractivity contribution >= 4 is 38.8 Å². The summed E-state index contributed by atoms with van der Waals surface area (Å²) in [5.41, 5.74) is 6.23. The molecule has 0 atom stereocenters. The smallest absolute Gasteiger partial charge is 0.263 e. The summed E-state index contributed by atoms with van der Waals surface area (Å²) in [6.45, 7) is 11.9. The fourth-order valence-corrected chi connectivity index (χ4v) is 4.76. The second-order valence-corrected chi connectivity index (χ2v) is 9.36. The molecule has 0 saturated heterocycles. The Kier molecular flexibility index (Phi) is 7.26. The molecule has 4 nitrogen and oxygen atoms in total. The Morgan fingerprint density at radius 2 is 1.97 bits per heavy atom. The van der Waals surface area contributed by atoms with Crippen LogP contribution in [0, 0.1) is 6.92 Å². The van der Waals surface area contributed by atoms with Gasteiger partial charge in [-0.1, -0.05) is 49.1 Å². The van der Waals surface area contributed by atoms with Crippen LogP contribution in [0.1, 0.15) is 50.1 Å². The first-order valence-corrected chi connectivity index (χ1v) is 12.3. The van der Waals surface area contributed by atoms with Gasteiger partial charge in [-0.2, -0.15) is 0 Å². The van der Waals surface area contributed by atoms with Gasteiger partial charge < -0.3 is 9.88 Å². The third kappa shape index (κ3) is 5.10. The first-order chi connectivity index (χ1) is 16.8. The maximum absolute atomic E-state index is 13.3. The third-order valence-corrected chi connectivity index (χ3v) is 6.39. The second-order valence-electron chi connectivity index (χ2n) is 8.50. The van der Waals surface area contributed by atoms with Crippen LogP contribution < -0.4 is 5.32 Å². The molecule has 0 spiro atoms. The van der Waals surface area contributed by atoms with Gasteiger partial charge in [0.05, 0.1) is 16.7 Å². The van der Waals surface area contributed by atoms with E-state index in [-0.39, 0.29) is 11.6 Å². The third-order valence-electron chi connectivity index (χ3n) is 5.63. The Balaban J connectivity index is 1.75. The van der Waals surface area contributed by atoms with Crippen molar-refractivity contribution in [3.8, 4) is 11.4 Å². The highest BCUT2D eigenvalue weighted by Crippen LogP contribution is 2.34. The Labute approximate surface area is 208 Å². The number of aryl methyl sites for hydroxylation is 1. The quantitative estimate of drug-likeness (QED) is 0.251. The standard InChI is InChI=1S/C28H28F2N4S/c1-6-9-19(10-7-2)24-16-35-28(33-24)32-22-15-23-25(13-18(22)5)34(17(3)4)27(31-23)21-12-8-11-20(14-21)26(29)30/h6-17,26H,1H2,2-5H3,(H,32,33)/b10-7-,19-9+. The van der Waals surface area contributed by atoms with Crippen LogP contribution >= 0.6 is 11.3 Å². The minimum absolute atomic E-state index is 0.00855. The van der Waals surface area contributed by atoms with E-state index < -0.39 is 6.43 Å². The zero-order valence-electron chi connectivity index (χ0n) is 20.2. The summed E-state index contributed by atoms with van der Waals surface area (Å²) in [7, 11) is 0. The van der Waals surface area contributed by atoms with Gasteiger partial charge in [0.25, 0.3) is 6.43 Å². The fourth-order valence-electron chi connectivity index (χ4n) is 4.03. The number of thiazole rings is 1. The Hall–Kier alpha value is -3.58. The largest absolute Gasteiger partial charge is 0.331 e. The molecule has 2 aromatic heterocycles. The summed E-state index contributed by atoms with van der Waals surface area (Å²) < 4.78 is 28.7. The first kappa shape index (κ1) is 24.5. The highest BCUT2D eigenvalue weighted by Gasteiger charge is 2.18. The number of benzene rings is 2. The van der Waals surface area contributed by atoms with Gasteiger partial charge in [-0.3, -0.25) is 0 Å². The molecule has 4 rings (SSSR count). The zero-order valence-corrected chi connectivity index (χ0v) is 21.0. The molecule has 180 valence electrons. The van der Waals surface area contributed by atoms with Gasteiger partial charge in [0.15, 0.2) is 5.13 Å². The summed E-state index contributed by atoms with van der Waals surface area (Å²) in [6, 6.07) is 10.6. The van der Waals surface area contributed by atoms with Crippen molar-refractivity contribution in [1.29, 1.82) is 0 Å². The summed E-state index contributed by atoms with van der Waals surface area (Å²) in [4.78, 5) is 9.59. The van der Waals surface area contributed by atoms with E-state index in [1.54, 1.807) is 12.1 Å². The predicted octanol–water partition coefficient (Wildman–Crippen LogP) is 8.88. The minimum Gasteiger partial charge on any atom is -0.331 e. The molecule has 0 bridgehead atoms. The number of fused-ring (bicyclic) bond motifs is 1. The molecule has 0 amide bonds. The van der Waals surface area contributed by atoms with Gasteiger partial charge in [-0.25, -0.2) is 18.7 Å². The molecule has 0 fully saturated rings. The lowest BCUT2D eigenvalue weighted by atomic mass is 10.1. The van der Waals surface area contributed by atoms with Crippen molar-refractivity contribution in [2.75, 3.05) is 5.32 Å². The van der Waals surface area contributed by atoms with Gasteiger partial charge in [0, 0.05) is 33.8 Å². The van der Waals surface area contributed by atoms with E-state index in [2.05, 4.69) is 36.4 Å². The van der Waals surface area contributed by atoms with Crippen molar-refractivity contribution < 1.29 is 8.78 Å². The average molecular weight is 491 g/mol. The van der Waals surface area contributed by atoms with Crippen molar-refractivity contribution in [2.45, 2.75) is 40.2 Å². The number of imidazole rings is 1. The summed E-state index contributed by atoms with van der Waals surface area (Å²) in [5.74, 6) is 0.677. The maximum Gasteiger partial charge on any atom is 0.263 e. The molecule has 2 heterocycles. The average Bonchev–Trinajstić information content (AvgIpc) is 3.44. The molecule has 35 heavy (non-hydrogen) atoms. The lowest BCUT2D eigenvalue weighted by molar-refractivity contribution is 0.151. The Bertz CT molecular complexity index is 1430. The summed E-state index contributed by atoms with van der Waals surface area (Å²) >= 11 is 1.53. The van der Waals surface area contributed by atoms with Gasteiger partial charge in [-0.05, 0) is 51.5 Å². The molecule has 7 heteroatoms. The molecule has 2 aromatic carbocycles. The second kappa shape index (κ2) is 10.4. The summed E-state index contributed by atoms with van der Waals surface area (Å²) in [5, 5.41) is 6.21. The monoisotopic (exact) mass is 490 g/mol. The number of rotatable bonds is 8. The van der Waals surface area contributed by atoms with E-state index in [4.69, 9.17) is 9.97 Å². The van der Waals surface area contributed by atoms with Crippen LogP contribution in [-0.2, 0) is 0 Å². The topological polar surface area (TPSA) is 42.7 Å². The summed E-state index contributed by atoms with van der Waals surface area (Å²) in [6.07, 6.45) is 5.13. The molecular formula is C28H28F2N4S. The lowest BCUT2D eigenvalue weighted by Gasteiger charge is -2.14. The molecular weight excluding hydrogens is 462 g/mol. The number of anilines is 2. The SMILES string of the molecule is C=C/C=C(\C=C/C)c1csc(Nc2cc3nc(-c4cccc(C(F)F)c4)n(C(C)C)c3cc2C)n1. The molecule has 0 aliphatic heterocycles. The molecule has 0 radical (unpaired) electrons. The number of aromatic nitrogens is 3. The van der Waals surface area contributed by atoms with Crippen LogP contribution in [0.4, 0.5) is 19.6 Å². The predicted molar refractivity (Wildman–Crippen MR) is 144 cm³/mol. The fraction of sp³-hybridized carbons (Fsp3) is 0.214. The van der Waals surface area contributed by atoms with Crippen LogP contribution in [0.15, 0.2) is 72.7 Å². The zero-order chi connectivity index (χ0) is 25.1. The van der Waals surface area contributed by atoms with Crippen molar-refractivity contribution in [3.63, 3.8) is 0 Å². The highest BCUT2D eigenvalue weighted by atomic mass is 32.1. The normalized spacial score (nSPS) is 12.4. The number of hydrogen-bond donors (Lipinski definition) is 1. The molecule has 0 unspecified atom stereocenters. The van der Waals surface area contributed by atoms with Crippen LogP contribution in [0.25, 0.3) is 28.0 Å². The van der Waals surface area contributed by atoms with Crippen LogP contribution in [-0.4, -0.2) is 14.5 Å². The number of hydrogen-bond acceptors (Lipinski definition) is 4. The molecule has 0 saturated carbocycles. The number of halogens is 2. The van der Waals surface area contributed by atoms with Gasteiger partial charge in [-0.15, -0.1) is 11.3 Å². The van der Waals surface area contributed by atoms with Crippen LogP contribution in [0.3, 0.4) is 0 Å². The van der Waals surface area contributed by atoms with E-state index in [0.29, 0.717) is 11.4 Å². The Morgan fingerprint density at radius 1 is 1.17 bits per heavy atom. The number of nitrogens with zero attached hydrogens (tertiary/aromatic N) is 3. The van der Waals surface area contributed by atoms with Gasteiger partial charge >= 0.3 is 0 Å². The van der Waals surface area contributed by atoms with Crippen LogP contribution in [0.2, 0.25) is 0 Å². The number of nitrogens with one attached hydrogen (secondary N) is 1. The van der Waals surface area contributed by atoms with Gasteiger partial charge in [0.2, 0.25) is 0 Å². The Morgan fingerprint density at radius 3 is 2.66 bits per heavy atom. The van der Waals surface area contributed by atoms with E-state index >= 15 is 0 Å². The highest BCUT2D eigenvalue weighted by molar-refractivity contribution is 7.13. The number of alkyl halides is 2. The molecule has 0 aliphatic rings. The van der Waals surface area contributed by atoms with Crippen molar-refractivity contribution in [1.82, 2.24) is 14.5 Å². The van der Waals surface area contributed by atoms with E-state index in [9.17, 15) is 8.78 Å². The maximum atomic E-state index is 13.3. The molecule has 1 N–H and O–H groups in total. The van der Waals surface area contributed by atoms with Gasteiger partial charge in [0.1, 0.15) is 5.82 Å². The minimum atomic E-state index is -2.53. The number of allylic oxidation sites excluding steroid dienone is 5. The first-order valence-electron chi connectivity index (χ1n) is 11.4.